The molecule has 0 saturated carbocycles. The number of rotatable bonds is 5. The van der Waals surface area contributed by atoms with E-state index in [-0.39, 0.29) is 35.9 Å². The molecule has 27 heavy (non-hydrogen) atoms. The van der Waals surface area contributed by atoms with Crippen LogP contribution in [0.3, 0.4) is 0 Å². The van der Waals surface area contributed by atoms with Crippen LogP contribution in [-0.4, -0.2) is 53.5 Å². The van der Waals surface area contributed by atoms with E-state index < -0.39 is 12.0 Å². The molecule has 0 spiro atoms. The van der Waals surface area contributed by atoms with E-state index in [1.54, 1.807) is 23.1 Å². The van der Waals surface area contributed by atoms with E-state index in [0.717, 1.165) is 4.47 Å². The largest absolute Gasteiger partial charge is 0.465 e. The molecule has 1 saturated heterocycles. The Balaban J connectivity index is 2.03. The number of halogens is 1. The highest BCUT2D eigenvalue weighted by molar-refractivity contribution is 9.10. The predicted octanol–water partition coefficient (Wildman–Crippen LogP) is 1.85. The highest BCUT2D eigenvalue weighted by Crippen LogP contribution is 2.14. The first-order valence-electron chi connectivity index (χ1n) is 8.58. The van der Waals surface area contributed by atoms with Crippen LogP contribution in [-0.2, 0) is 14.3 Å². The SMILES string of the molecule is CC(C)COC(=O)CC1C(=O)NCCN1C(=S)NC(=O)c1cccc(Br)c1. The number of esters is 1. The van der Waals surface area contributed by atoms with Crippen LogP contribution in [0.25, 0.3) is 0 Å². The van der Waals surface area contributed by atoms with E-state index in [1.807, 2.05) is 19.9 Å². The molecule has 1 heterocycles. The first-order valence-corrected chi connectivity index (χ1v) is 9.79. The summed E-state index contributed by atoms with van der Waals surface area (Å²) >= 11 is 8.64. The summed E-state index contributed by atoms with van der Waals surface area (Å²) in [6.45, 7) is 4.92. The van der Waals surface area contributed by atoms with Gasteiger partial charge in [0.15, 0.2) is 5.11 Å². The summed E-state index contributed by atoms with van der Waals surface area (Å²) in [6, 6.07) is 6.06. The third-order valence-electron chi connectivity index (χ3n) is 3.84. The smallest absolute Gasteiger partial charge is 0.308 e. The van der Waals surface area contributed by atoms with Gasteiger partial charge in [-0.25, -0.2) is 0 Å². The maximum atomic E-state index is 12.4. The highest BCUT2D eigenvalue weighted by atomic mass is 79.9. The Labute approximate surface area is 171 Å². The van der Waals surface area contributed by atoms with Gasteiger partial charge in [0.2, 0.25) is 5.91 Å². The molecule has 0 bridgehead atoms. The van der Waals surface area contributed by atoms with Crippen LogP contribution in [0.15, 0.2) is 28.7 Å². The molecular weight excluding hydrogens is 434 g/mol. The van der Waals surface area contributed by atoms with Gasteiger partial charge in [0.05, 0.1) is 13.0 Å². The van der Waals surface area contributed by atoms with Gasteiger partial charge in [0.1, 0.15) is 6.04 Å². The van der Waals surface area contributed by atoms with Crippen molar-refractivity contribution in [1.29, 1.82) is 0 Å². The summed E-state index contributed by atoms with van der Waals surface area (Å²) in [4.78, 5) is 38.2. The molecule has 1 aliphatic heterocycles. The van der Waals surface area contributed by atoms with Gasteiger partial charge in [-0.1, -0.05) is 35.8 Å². The molecular formula is C18H22BrN3O4S. The molecule has 1 atom stereocenters. The Hall–Kier alpha value is -2.00. The van der Waals surface area contributed by atoms with Crippen molar-refractivity contribution in [3.8, 4) is 0 Å². The summed E-state index contributed by atoms with van der Waals surface area (Å²) in [6.07, 6.45) is -0.133. The average molecular weight is 456 g/mol. The molecule has 1 aromatic carbocycles. The summed E-state index contributed by atoms with van der Waals surface area (Å²) in [7, 11) is 0. The minimum absolute atomic E-state index is 0.108. The van der Waals surface area contributed by atoms with Gasteiger partial charge in [0, 0.05) is 23.1 Å². The number of ether oxygens (including phenoxy) is 1. The lowest BCUT2D eigenvalue weighted by atomic mass is 10.1. The van der Waals surface area contributed by atoms with Crippen LogP contribution >= 0.6 is 28.1 Å². The highest BCUT2D eigenvalue weighted by Gasteiger charge is 2.34. The maximum absolute atomic E-state index is 12.4. The second-order valence-electron chi connectivity index (χ2n) is 6.55. The number of benzene rings is 1. The van der Waals surface area contributed by atoms with E-state index in [9.17, 15) is 14.4 Å². The lowest BCUT2D eigenvalue weighted by Crippen LogP contribution is -2.60. The fourth-order valence-corrected chi connectivity index (χ4v) is 3.22. The summed E-state index contributed by atoms with van der Waals surface area (Å²) < 4.78 is 5.93. The summed E-state index contributed by atoms with van der Waals surface area (Å²) in [5.41, 5.74) is 0.432. The molecule has 9 heteroatoms. The Morgan fingerprint density at radius 3 is 2.85 bits per heavy atom. The molecule has 1 aromatic rings. The van der Waals surface area contributed by atoms with Crippen molar-refractivity contribution >= 4 is 51.0 Å². The summed E-state index contributed by atoms with van der Waals surface area (Å²) in [5, 5.41) is 5.45. The maximum Gasteiger partial charge on any atom is 0.308 e. The number of nitrogens with one attached hydrogen (secondary N) is 2. The Kier molecular flexibility index (Phi) is 7.73. The number of hydrogen-bond acceptors (Lipinski definition) is 5. The molecule has 1 aliphatic rings. The van der Waals surface area contributed by atoms with Crippen molar-refractivity contribution in [2.24, 2.45) is 5.92 Å². The molecule has 1 fully saturated rings. The molecule has 7 nitrogen and oxygen atoms in total. The van der Waals surface area contributed by atoms with E-state index in [0.29, 0.717) is 18.7 Å². The van der Waals surface area contributed by atoms with Crippen molar-refractivity contribution in [3.05, 3.63) is 34.3 Å². The van der Waals surface area contributed by atoms with Crippen LogP contribution in [0.2, 0.25) is 0 Å². The first-order chi connectivity index (χ1) is 12.8. The topological polar surface area (TPSA) is 87.7 Å². The standard InChI is InChI=1S/C18H22BrN3O4S/c1-11(2)10-26-15(23)9-14-17(25)20-6-7-22(14)18(27)21-16(24)12-4-3-5-13(19)8-12/h3-5,8,11,14H,6-7,9-10H2,1-2H3,(H,20,25)(H,21,24,27). The van der Waals surface area contributed by atoms with Crippen LogP contribution in [0, 0.1) is 5.92 Å². The van der Waals surface area contributed by atoms with Crippen molar-refractivity contribution in [2.45, 2.75) is 26.3 Å². The quantitative estimate of drug-likeness (QED) is 0.520. The minimum Gasteiger partial charge on any atom is -0.465 e. The van der Waals surface area contributed by atoms with Gasteiger partial charge in [-0.05, 0) is 36.3 Å². The normalized spacial score (nSPS) is 16.7. The Morgan fingerprint density at radius 1 is 1.44 bits per heavy atom. The molecule has 2 amide bonds. The van der Waals surface area contributed by atoms with Crippen LogP contribution in [0.1, 0.15) is 30.6 Å². The average Bonchev–Trinajstić information content (AvgIpc) is 2.61. The lowest BCUT2D eigenvalue weighted by Gasteiger charge is -2.36. The predicted molar refractivity (Wildman–Crippen MR) is 108 cm³/mol. The molecule has 1 unspecified atom stereocenters. The Morgan fingerprint density at radius 2 is 2.19 bits per heavy atom. The van der Waals surface area contributed by atoms with Crippen molar-refractivity contribution < 1.29 is 19.1 Å². The molecule has 2 rings (SSSR count). The number of piperazine rings is 1. The van der Waals surface area contributed by atoms with Gasteiger partial charge >= 0.3 is 5.97 Å². The Bertz CT molecular complexity index is 741. The van der Waals surface area contributed by atoms with Crippen LogP contribution < -0.4 is 10.6 Å². The van der Waals surface area contributed by atoms with Gasteiger partial charge < -0.3 is 15.0 Å². The zero-order valence-electron chi connectivity index (χ0n) is 15.2. The number of amides is 2. The third-order valence-corrected chi connectivity index (χ3v) is 4.67. The van der Waals surface area contributed by atoms with Gasteiger partial charge in [-0.3, -0.25) is 19.7 Å². The number of carbonyl (C=O) groups is 3. The van der Waals surface area contributed by atoms with Gasteiger partial charge in [-0.15, -0.1) is 0 Å². The lowest BCUT2D eigenvalue weighted by molar-refractivity contribution is -0.148. The second kappa shape index (κ2) is 9.80. The zero-order valence-corrected chi connectivity index (χ0v) is 17.6. The van der Waals surface area contributed by atoms with E-state index in [2.05, 4.69) is 26.6 Å². The monoisotopic (exact) mass is 455 g/mol. The fraction of sp³-hybridized carbons (Fsp3) is 0.444. The summed E-state index contributed by atoms with van der Waals surface area (Å²) in [5.74, 6) is -0.970. The fourth-order valence-electron chi connectivity index (χ4n) is 2.51. The van der Waals surface area contributed by atoms with E-state index >= 15 is 0 Å². The number of nitrogens with zero attached hydrogens (tertiary/aromatic N) is 1. The van der Waals surface area contributed by atoms with Gasteiger partial charge in [-0.2, -0.15) is 0 Å². The number of carbonyl (C=O) groups excluding carboxylic acids is 3. The molecule has 2 N–H and O–H groups in total. The van der Waals surface area contributed by atoms with Crippen LogP contribution in [0.4, 0.5) is 0 Å². The van der Waals surface area contributed by atoms with Crippen molar-refractivity contribution in [2.75, 3.05) is 19.7 Å². The molecule has 146 valence electrons. The molecule has 0 aliphatic carbocycles. The van der Waals surface area contributed by atoms with Crippen molar-refractivity contribution in [1.82, 2.24) is 15.5 Å². The number of thiocarbonyl (C=S) groups is 1. The van der Waals surface area contributed by atoms with Gasteiger partial charge in [0.25, 0.3) is 5.91 Å². The molecule has 0 radical (unpaired) electrons. The van der Waals surface area contributed by atoms with E-state index in [1.165, 1.54) is 0 Å². The first kappa shape index (κ1) is 21.3. The number of hydrogen-bond donors (Lipinski definition) is 2. The molecule has 0 aromatic heterocycles. The van der Waals surface area contributed by atoms with Crippen molar-refractivity contribution in [3.63, 3.8) is 0 Å². The van der Waals surface area contributed by atoms with Crippen LogP contribution in [0.5, 0.6) is 0 Å². The third kappa shape index (κ3) is 6.28. The second-order valence-corrected chi connectivity index (χ2v) is 7.85. The minimum atomic E-state index is -0.811. The van der Waals surface area contributed by atoms with E-state index in [4.69, 9.17) is 17.0 Å². The zero-order chi connectivity index (χ0) is 20.0.